The van der Waals surface area contributed by atoms with Crippen LogP contribution in [0.4, 0.5) is 0 Å². The van der Waals surface area contributed by atoms with Crippen LogP contribution in [0.3, 0.4) is 0 Å². The van der Waals surface area contributed by atoms with Crippen molar-refractivity contribution in [3.8, 4) is 5.75 Å². The Morgan fingerprint density at radius 3 is 2.65 bits per heavy atom. The molecular formula is C16H16BrIO2. The fraction of sp³-hybridized carbons (Fsp3) is 0.250. The quantitative estimate of drug-likeness (QED) is 0.451. The van der Waals surface area contributed by atoms with Gasteiger partial charge in [-0.15, -0.1) is 0 Å². The van der Waals surface area contributed by atoms with Gasteiger partial charge < -0.3 is 9.47 Å². The first kappa shape index (κ1) is 15.8. The van der Waals surface area contributed by atoms with E-state index in [1.54, 1.807) is 7.11 Å². The molecule has 0 heterocycles. The highest BCUT2D eigenvalue weighted by atomic mass is 127. The Morgan fingerprint density at radius 2 is 1.95 bits per heavy atom. The molecule has 1 unspecified atom stereocenters. The number of benzene rings is 2. The Morgan fingerprint density at radius 1 is 1.15 bits per heavy atom. The molecule has 0 N–H and O–H groups in total. The number of hydrogen-bond donors (Lipinski definition) is 0. The number of hydrogen-bond acceptors (Lipinski definition) is 2. The second-order valence-electron chi connectivity index (χ2n) is 4.33. The van der Waals surface area contributed by atoms with E-state index in [-0.39, 0.29) is 6.10 Å². The average Bonchev–Trinajstić information content (AvgIpc) is 2.48. The van der Waals surface area contributed by atoms with Crippen LogP contribution in [-0.4, -0.2) is 11.5 Å². The van der Waals surface area contributed by atoms with Crippen molar-refractivity contribution >= 4 is 38.5 Å². The molecule has 0 aliphatic heterocycles. The van der Waals surface area contributed by atoms with E-state index >= 15 is 0 Å². The van der Waals surface area contributed by atoms with Gasteiger partial charge >= 0.3 is 0 Å². The predicted octanol–water partition coefficient (Wildman–Crippen LogP) is 5.15. The average molecular weight is 447 g/mol. The molecule has 0 aliphatic carbocycles. The molecule has 0 aromatic heterocycles. The second kappa shape index (κ2) is 8.00. The summed E-state index contributed by atoms with van der Waals surface area (Å²) in [5, 5.41) is 0. The molecule has 0 aliphatic rings. The summed E-state index contributed by atoms with van der Waals surface area (Å²) in [6, 6.07) is 16.2. The van der Waals surface area contributed by atoms with Gasteiger partial charge in [0, 0.05) is 14.5 Å². The van der Waals surface area contributed by atoms with E-state index in [0.717, 1.165) is 25.8 Å². The van der Waals surface area contributed by atoms with Crippen LogP contribution in [0, 0.1) is 0 Å². The molecule has 0 amide bonds. The standard InChI is InChI=1S/C16H16BrIO2/c1-19-15-8-3-2-7-14(15)16(10-18)20-11-12-5-4-6-13(17)9-12/h2-9,16H,10-11H2,1H3. The molecule has 0 bridgehead atoms. The summed E-state index contributed by atoms with van der Waals surface area (Å²) in [5.74, 6) is 0.878. The Labute approximate surface area is 141 Å². The van der Waals surface area contributed by atoms with E-state index in [4.69, 9.17) is 9.47 Å². The van der Waals surface area contributed by atoms with Crippen molar-refractivity contribution in [2.24, 2.45) is 0 Å². The minimum atomic E-state index is 0.0331. The van der Waals surface area contributed by atoms with Crippen molar-refractivity contribution in [3.05, 3.63) is 64.1 Å². The molecule has 0 radical (unpaired) electrons. The van der Waals surface area contributed by atoms with Crippen molar-refractivity contribution in [2.75, 3.05) is 11.5 Å². The van der Waals surface area contributed by atoms with E-state index in [2.05, 4.69) is 56.7 Å². The molecule has 0 fully saturated rings. The summed E-state index contributed by atoms with van der Waals surface area (Å²) in [6.45, 7) is 0.588. The largest absolute Gasteiger partial charge is 0.496 e. The fourth-order valence-corrected chi connectivity index (χ4v) is 3.15. The predicted molar refractivity (Wildman–Crippen MR) is 93.6 cm³/mol. The number of methoxy groups -OCH3 is 1. The Bertz CT molecular complexity index is 560. The first-order valence-corrected chi connectivity index (χ1v) is 8.61. The number of halogens is 2. The van der Waals surface area contributed by atoms with Gasteiger partial charge in [0.1, 0.15) is 5.75 Å². The monoisotopic (exact) mass is 446 g/mol. The third-order valence-electron chi connectivity index (χ3n) is 2.97. The lowest BCUT2D eigenvalue weighted by molar-refractivity contribution is 0.0560. The third-order valence-corrected chi connectivity index (χ3v) is 4.26. The number of para-hydroxylation sites is 1. The van der Waals surface area contributed by atoms with Gasteiger partial charge in [0.15, 0.2) is 0 Å². The van der Waals surface area contributed by atoms with Gasteiger partial charge in [-0.05, 0) is 23.8 Å². The summed E-state index contributed by atoms with van der Waals surface area (Å²) >= 11 is 5.82. The highest BCUT2D eigenvalue weighted by molar-refractivity contribution is 14.1. The molecule has 2 aromatic carbocycles. The zero-order valence-corrected chi connectivity index (χ0v) is 14.9. The van der Waals surface area contributed by atoms with Gasteiger partial charge in [-0.25, -0.2) is 0 Å². The minimum absolute atomic E-state index is 0.0331. The van der Waals surface area contributed by atoms with Gasteiger partial charge in [0.25, 0.3) is 0 Å². The summed E-state index contributed by atoms with van der Waals surface area (Å²) in [7, 11) is 1.69. The second-order valence-corrected chi connectivity index (χ2v) is 6.12. The number of ether oxygens (including phenoxy) is 2. The fourth-order valence-electron chi connectivity index (χ4n) is 1.97. The van der Waals surface area contributed by atoms with Crippen LogP contribution in [0.1, 0.15) is 17.2 Å². The molecule has 106 valence electrons. The molecular weight excluding hydrogens is 431 g/mol. The van der Waals surface area contributed by atoms with Gasteiger partial charge in [-0.1, -0.05) is 68.9 Å². The first-order chi connectivity index (χ1) is 9.74. The zero-order valence-electron chi connectivity index (χ0n) is 11.2. The Kier molecular flexibility index (Phi) is 6.32. The summed E-state index contributed by atoms with van der Waals surface area (Å²) < 4.78 is 13.4. The topological polar surface area (TPSA) is 18.5 Å². The lowest BCUT2D eigenvalue weighted by atomic mass is 10.1. The number of rotatable bonds is 6. The van der Waals surface area contributed by atoms with Crippen LogP contribution >= 0.6 is 38.5 Å². The van der Waals surface area contributed by atoms with E-state index in [0.29, 0.717) is 6.61 Å². The van der Waals surface area contributed by atoms with Crippen LogP contribution in [0.15, 0.2) is 53.0 Å². The summed E-state index contributed by atoms with van der Waals surface area (Å²) in [4.78, 5) is 0. The molecule has 2 aromatic rings. The summed E-state index contributed by atoms with van der Waals surface area (Å²) in [6.07, 6.45) is 0.0331. The van der Waals surface area contributed by atoms with Crippen molar-refractivity contribution in [1.29, 1.82) is 0 Å². The van der Waals surface area contributed by atoms with E-state index in [9.17, 15) is 0 Å². The lowest BCUT2D eigenvalue weighted by Gasteiger charge is -2.18. The smallest absolute Gasteiger partial charge is 0.124 e. The highest BCUT2D eigenvalue weighted by Crippen LogP contribution is 2.29. The minimum Gasteiger partial charge on any atom is -0.496 e. The zero-order chi connectivity index (χ0) is 14.4. The van der Waals surface area contributed by atoms with Crippen molar-refractivity contribution in [2.45, 2.75) is 12.7 Å². The van der Waals surface area contributed by atoms with E-state index in [1.165, 1.54) is 0 Å². The lowest BCUT2D eigenvalue weighted by Crippen LogP contribution is -2.07. The maximum Gasteiger partial charge on any atom is 0.124 e. The van der Waals surface area contributed by atoms with Crippen molar-refractivity contribution < 1.29 is 9.47 Å². The summed E-state index contributed by atoms with van der Waals surface area (Å²) in [5.41, 5.74) is 2.25. The van der Waals surface area contributed by atoms with Crippen LogP contribution in [0.25, 0.3) is 0 Å². The van der Waals surface area contributed by atoms with Crippen LogP contribution in [0.2, 0.25) is 0 Å². The number of alkyl halides is 1. The van der Waals surface area contributed by atoms with Gasteiger partial charge in [0.2, 0.25) is 0 Å². The maximum atomic E-state index is 6.05. The van der Waals surface area contributed by atoms with Gasteiger partial charge in [-0.3, -0.25) is 0 Å². The van der Waals surface area contributed by atoms with Crippen LogP contribution in [-0.2, 0) is 11.3 Å². The molecule has 2 rings (SSSR count). The Hall–Kier alpha value is -0.590. The van der Waals surface area contributed by atoms with Gasteiger partial charge in [0.05, 0.1) is 19.8 Å². The van der Waals surface area contributed by atoms with Crippen molar-refractivity contribution in [3.63, 3.8) is 0 Å². The molecule has 2 nitrogen and oxygen atoms in total. The third kappa shape index (κ3) is 4.20. The molecule has 0 saturated carbocycles. The molecule has 1 atom stereocenters. The van der Waals surface area contributed by atoms with Crippen LogP contribution in [0.5, 0.6) is 5.75 Å². The SMILES string of the molecule is COc1ccccc1C(CI)OCc1cccc(Br)c1. The highest BCUT2D eigenvalue weighted by Gasteiger charge is 2.15. The van der Waals surface area contributed by atoms with Crippen LogP contribution < -0.4 is 4.74 Å². The maximum absolute atomic E-state index is 6.05. The molecule has 20 heavy (non-hydrogen) atoms. The Balaban J connectivity index is 2.09. The molecule has 0 saturated heterocycles. The van der Waals surface area contributed by atoms with E-state index < -0.39 is 0 Å². The first-order valence-electron chi connectivity index (χ1n) is 6.29. The molecule has 4 heteroatoms. The van der Waals surface area contributed by atoms with E-state index in [1.807, 2.05) is 30.3 Å². The normalized spacial score (nSPS) is 12.2. The van der Waals surface area contributed by atoms with Gasteiger partial charge in [-0.2, -0.15) is 0 Å². The van der Waals surface area contributed by atoms with Crippen molar-refractivity contribution in [1.82, 2.24) is 0 Å². The molecule has 0 spiro atoms.